The highest BCUT2D eigenvalue weighted by atomic mass is 16.6. The van der Waals surface area contributed by atoms with Crippen LogP contribution in [0.5, 0.6) is 0 Å². The number of likely N-dealkylation sites (tertiary alicyclic amines) is 1. The lowest BCUT2D eigenvalue weighted by Crippen LogP contribution is -2.52. The summed E-state index contributed by atoms with van der Waals surface area (Å²) in [5.41, 5.74) is -0.913. The van der Waals surface area contributed by atoms with Gasteiger partial charge in [0.15, 0.2) is 5.60 Å². The van der Waals surface area contributed by atoms with Crippen LogP contribution in [-0.4, -0.2) is 58.3 Å². The van der Waals surface area contributed by atoms with E-state index in [9.17, 15) is 9.90 Å². The van der Waals surface area contributed by atoms with Crippen molar-refractivity contribution >= 4 is 5.97 Å². The van der Waals surface area contributed by atoms with Gasteiger partial charge in [-0.25, -0.2) is 14.8 Å². The van der Waals surface area contributed by atoms with Gasteiger partial charge in [-0.15, -0.1) is 0 Å². The highest BCUT2D eigenvalue weighted by Gasteiger charge is 2.48. The number of carbonyl (C=O) groups is 1. The van der Waals surface area contributed by atoms with Crippen LogP contribution in [0.4, 0.5) is 0 Å². The predicted octanol–water partition coefficient (Wildman–Crippen LogP) is 3.64. The predicted molar refractivity (Wildman–Crippen MR) is 123 cm³/mol. The number of rotatable bonds is 8. The molecule has 6 nitrogen and oxygen atoms in total. The topological polar surface area (TPSA) is 72.3 Å². The van der Waals surface area contributed by atoms with Crippen LogP contribution >= 0.6 is 0 Å². The third-order valence-electron chi connectivity index (χ3n) is 7.68. The van der Waals surface area contributed by atoms with Crippen LogP contribution in [0.2, 0.25) is 0 Å². The Hall–Kier alpha value is -2.31. The largest absolute Gasteiger partial charge is 0.457 e. The number of aromatic nitrogens is 2. The average molecular weight is 439 g/mol. The number of benzene rings is 1. The molecular weight excluding hydrogens is 402 g/mol. The minimum Gasteiger partial charge on any atom is -0.457 e. The zero-order valence-corrected chi connectivity index (χ0v) is 19.2. The number of likely N-dealkylation sites (N-methyl/N-ethyl adjacent to an activating group) is 1. The van der Waals surface area contributed by atoms with Gasteiger partial charge in [-0.05, 0) is 24.5 Å². The van der Waals surface area contributed by atoms with Gasteiger partial charge >= 0.3 is 5.97 Å². The van der Waals surface area contributed by atoms with Crippen molar-refractivity contribution in [3.63, 3.8) is 0 Å². The molecule has 1 saturated carbocycles. The number of quaternary nitrogens is 1. The monoisotopic (exact) mass is 438 g/mol. The number of esters is 1. The smallest absolute Gasteiger partial charge is 0.343 e. The molecular formula is C26H36N3O3+. The molecule has 32 heavy (non-hydrogen) atoms. The van der Waals surface area contributed by atoms with Crippen molar-refractivity contribution in [2.45, 2.75) is 63.0 Å². The van der Waals surface area contributed by atoms with Gasteiger partial charge in [0.25, 0.3) is 0 Å². The fourth-order valence-electron chi connectivity index (χ4n) is 5.57. The third kappa shape index (κ3) is 4.86. The van der Waals surface area contributed by atoms with Gasteiger partial charge in [0.05, 0.1) is 26.6 Å². The van der Waals surface area contributed by atoms with Crippen LogP contribution in [0, 0.1) is 5.92 Å². The quantitative estimate of drug-likeness (QED) is 0.503. The second-order valence-electron chi connectivity index (χ2n) is 9.70. The molecule has 1 N–H and O–H groups in total. The first-order valence-corrected chi connectivity index (χ1v) is 12.1. The molecule has 0 amide bonds. The fourth-order valence-corrected chi connectivity index (χ4v) is 5.57. The summed E-state index contributed by atoms with van der Waals surface area (Å²) in [4.78, 5) is 22.1. The summed E-state index contributed by atoms with van der Waals surface area (Å²) in [6.45, 7) is 2.31. The van der Waals surface area contributed by atoms with Crippen molar-refractivity contribution in [1.29, 1.82) is 0 Å². The van der Waals surface area contributed by atoms with Gasteiger partial charge in [0.1, 0.15) is 18.5 Å². The minimum atomic E-state index is -1.57. The number of hydrogen-bond acceptors (Lipinski definition) is 5. The molecule has 0 radical (unpaired) electrons. The van der Waals surface area contributed by atoms with E-state index in [0.29, 0.717) is 12.2 Å². The van der Waals surface area contributed by atoms with Gasteiger partial charge < -0.3 is 14.3 Å². The number of aliphatic hydroxyl groups is 1. The summed E-state index contributed by atoms with van der Waals surface area (Å²) in [6.07, 6.45) is 11.5. The van der Waals surface area contributed by atoms with Crippen molar-refractivity contribution in [3.05, 3.63) is 60.2 Å². The Kier molecular flexibility index (Phi) is 7.21. The maximum absolute atomic E-state index is 13.4. The molecule has 1 aromatic heterocycles. The van der Waals surface area contributed by atoms with Crippen LogP contribution in [0.1, 0.15) is 56.3 Å². The molecule has 1 saturated heterocycles. The first-order chi connectivity index (χ1) is 15.5. The van der Waals surface area contributed by atoms with Crippen LogP contribution < -0.4 is 0 Å². The Balaban J connectivity index is 1.44. The molecule has 2 fully saturated rings. The highest BCUT2D eigenvalue weighted by Crippen LogP contribution is 2.40. The Labute approximate surface area is 191 Å². The second-order valence-corrected chi connectivity index (χ2v) is 9.70. The standard InChI is InChI=1S/C26H36N3O3/c1-29(19-15-24-27-16-9-17-28-24)18-8-14-23(29)20-32-25(30)26(31,21-10-4-2-5-11-21)22-12-6-3-7-13-22/h2,4-5,9-11,16-17,22-23,31H,3,6-8,12-15,18-20H2,1H3/q+1/t23-,26?,29?/m1/s1. The SMILES string of the molecule is C[N+]1(CCc2ncccn2)CCC[C@@H]1COC(=O)C(O)(c1ccccc1)C1CCCCC1. The Morgan fingerprint density at radius 2 is 1.78 bits per heavy atom. The minimum absolute atomic E-state index is 0.0918. The lowest BCUT2D eigenvalue weighted by molar-refractivity contribution is -0.921. The average Bonchev–Trinajstić information content (AvgIpc) is 3.23. The van der Waals surface area contributed by atoms with Crippen molar-refractivity contribution in [2.24, 2.45) is 5.92 Å². The third-order valence-corrected chi connectivity index (χ3v) is 7.68. The molecule has 172 valence electrons. The Morgan fingerprint density at radius 3 is 2.50 bits per heavy atom. The maximum Gasteiger partial charge on any atom is 0.343 e. The molecule has 2 unspecified atom stereocenters. The van der Waals surface area contributed by atoms with Crippen LogP contribution in [0.25, 0.3) is 0 Å². The van der Waals surface area contributed by atoms with E-state index >= 15 is 0 Å². The number of nitrogens with zero attached hydrogens (tertiary/aromatic N) is 3. The lowest BCUT2D eigenvalue weighted by atomic mass is 9.73. The summed E-state index contributed by atoms with van der Waals surface area (Å²) >= 11 is 0. The van der Waals surface area contributed by atoms with E-state index < -0.39 is 11.6 Å². The highest BCUT2D eigenvalue weighted by molar-refractivity contribution is 5.81. The molecule has 1 aromatic carbocycles. The summed E-state index contributed by atoms with van der Waals surface area (Å²) < 4.78 is 6.76. The Bertz CT molecular complexity index is 872. The van der Waals surface area contributed by atoms with Crippen LogP contribution in [0.3, 0.4) is 0 Å². The molecule has 1 aliphatic heterocycles. The zero-order chi connectivity index (χ0) is 22.4. The van der Waals surface area contributed by atoms with E-state index in [4.69, 9.17) is 4.74 Å². The van der Waals surface area contributed by atoms with Gasteiger partial charge in [0.2, 0.25) is 0 Å². The molecule has 6 heteroatoms. The molecule has 2 aromatic rings. The van der Waals surface area contributed by atoms with Crippen LogP contribution in [-0.2, 0) is 21.6 Å². The second kappa shape index (κ2) is 10.1. The van der Waals surface area contributed by atoms with Crippen LogP contribution in [0.15, 0.2) is 48.8 Å². The summed E-state index contributed by atoms with van der Waals surface area (Å²) in [5.74, 6) is 0.275. The zero-order valence-electron chi connectivity index (χ0n) is 19.2. The molecule has 0 spiro atoms. The molecule has 2 heterocycles. The number of hydrogen-bond donors (Lipinski definition) is 1. The van der Waals surface area contributed by atoms with Gasteiger partial charge in [-0.2, -0.15) is 0 Å². The number of ether oxygens (including phenoxy) is 1. The van der Waals surface area contributed by atoms with E-state index in [0.717, 1.165) is 68.3 Å². The molecule has 3 atom stereocenters. The molecule has 4 rings (SSSR count). The summed E-state index contributed by atoms with van der Waals surface area (Å²) in [5, 5.41) is 11.7. The van der Waals surface area contributed by atoms with Crippen molar-refractivity contribution in [2.75, 3.05) is 26.7 Å². The van der Waals surface area contributed by atoms with E-state index in [1.165, 1.54) is 6.42 Å². The van der Waals surface area contributed by atoms with Crippen molar-refractivity contribution < 1.29 is 19.1 Å². The Morgan fingerprint density at radius 1 is 1.06 bits per heavy atom. The van der Waals surface area contributed by atoms with Crippen molar-refractivity contribution in [1.82, 2.24) is 9.97 Å². The van der Waals surface area contributed by atoms with Gasteiger partial charge in [-0.3, -0.25) is 0 Å². The fraction of sp³-hybridized carbons (Fsp3) is 0.577. The van der Waals surface area contributed by atoms with E-state index in [2.05, 4.69) is 17.0 Å². The molecule has 1 aliphatic carbocycles. The van der Waals surface area contributed by atoms with E-state index in [1.807, 2.05) is 36.4 Å². The summed E-state index contributed by atoms with van der Waals surface area (Å²) in [7, 11) is 2.24. The lowest BCUT2D eigenvalue weighted by Gasteiger charge is -2.38. The first-order valence-electron chi connectivity index (χ1n) is 12.1. The van der Waals surface area contributed by atoms with E-state index in [1.54, 1.807) is 12.4 Å². The van der Waals surface area contributed by atoms with Crippen molar-refractivity contribution in [3.8, 4) is 0 Å². The van der Waals surface area contributed by atoms with E-state index in [-0.39, 0.29) is 12.0 Å². The number of carbonyl (C=O) groups excluding carboxylic acids is 1. The molecule has 2 aliphatic rings. The summed E-state index contributed by atoms with van der Waals surface area (Å²) in [6, 6.07) is 11.4. The molecule has 0 bridgehead atoms. The first kappa shape index (κ1) is 22.9. The maximum atomic E-state index is 13.4. The normalized spacial score (nSPS) is 25.9. The van der Waals surface area contributed by atoms with Gasteiger partial charge in [-0.1, -0.05) is 49.6 Å². The van der Waals surface area contributed by atoms with Gasteiger partial charge in [0, 0.05) is 31.2 Å².